The third-order valence-electron chi connectivity index (χ3n) is 3.56. The van der Waals surface area contributed by atoms with Crippen molar-refractivity contribution in [2.75, 3.05) is 18.9 Å². The maximum absolute atomic E-state index is 12.1. The van der Waals surface area contributed by atoms with Crippen LogP contribution in [0.25, 0.3) is 11.1 Å². The number of aromatic nitrogens is 1. The van der Waals surface area contributed by atoms with E-state index in [2.05, 4.69) is 11.6 Å². The van der Waals surface area contributed by atoms with Crippen LogP contribution in [0.2, 0.25) is 0 Å². The number of aromatic amines is 1. The zero-order valence-corrected chi connectivity index (χ0v) is 14.4. The maximum atomic E-state index is 12.1. The molecule has 1 heterocycles. The predicted molar refractivity (Wildman–Crippen MR) is 97.7 cm³/mol. The van der Waals surface area contributed by atoms with E-state index in [1.807, 2.05) is 0 Å². The second kappa shape index (κ2) is 8.09. The van der Waals surface area contributed by atoms with Crippen LogP contribution in [0, 0.1) is 0 Å². The fourth-order valence-electron chi connectivity index (χ4n) is 2.54. The van der Waals surface area contributed by atoms with E-state index >= 15 is 0 Å². The van der Waals surface area contributed by atoms with Gasteiger partial charge in [0.1, 0.15) is 23.6 Å². The van der Waals surface area contributed by atoms with Crippen LogP contribution in [0.15, 0.2) is 35.6 Å². The molecule has 9 heteroatoms. The Labute approximate surface area is 153 Å². The van der Waals surface area contributed by atoms with Crippen molar-refractivity contribution in [2.24, 2.45) is 0 Å². The summed E-state index contributed by atoms with van der Waals surface area (Å²) in [4.78, 5) is 37.4. The largest absolute Gasteiger partial charge is 0.490 e. The number of carboxylic acid groups (broad SMARTS) is 2. The minimum absolute atomic E-state index is 0.136. The molecule has 27 heavy (non-hydrogen) atoms. The summed E-state index contributed by atoms with van der Waals surface area (Å²) in [6.45, 7) is 5.77. The minimum atomic E-state index is -1.58. The van der Waals surface area contributed by atoms with Crippen LogP contribution >= 0.6 is 0 Å². The summed E-state index contributed by atoms with van der Waals surface area (Å²) in [7, 11) is 0. The minimum Gasteiger partial charge on any atom is -0.490 e. The molecule has 1 aromatic heterocycles. The van der Waals surface area contributed by atoms with E-state index in [0.29, 0.717) is 5.75 Å². The summed E-state index contributed by atoms with van der Waals surface area (Å²) < 4.78 is 11.0. The highest BCUT2D eigenvalue weighted by atomic mass is 16.5. The lowest BCUT2D eigenvalue weighted by atomic mass is 9.95. The van der Waals surface area contributed by atoms with E-state index in [0.717, 1.165) is 0 Å². The molecular weight excluding hydrogens is 356 g/mol. The highest BCUT2D eigenvalue weighted by molar-refractivity contribution is 6.07. The number of hydrogen-bond donors (Lipinski definition) is 4. The lowest BCUT2D eigenvalue weighted by molar-refractivity contribution is 0.0695. The van der Waals surface area contributed by atoms with Gasteiger partial charge in [0.05, 0.1) is 6.61 Å². The van der Waals surface area contributed by atoms with Gasteiger partial charge in [0, 0.05) is 5.56 Å². The van der Waals surface area contributed by atoms with Crippen molar-refractivity contribution < 1.29 is 29.3 Å². The van der Waals surface area contributed by atoms with Crippen molar-refractivity contribution in [3.63, 3.8) is 0 Å². The highest BCUT2D eigenvalue weighted by Gasteiger charge is 2.27. The number of benzene rings is 1. The number of nitrogen functional groups attached to an aromatic ring is 1. The summed E-state index contributed by atoms with van der Waals surface area (Å²) in [5.41, 5.74) is 3.19. The molecule has 0 atom stereocenters. The average Bonchev–Trinajstić information content (AvgIpc) is 2.59. The number of H-pyrrole nitrogens is 1. The highest BCUT2D eigenvalue weighted by Crippen LogP contribution is 2.36. The van der Waals surface area contributed by atoms with Gasteiger partial charge in [-0.05, 0) is 24.6 Å². The Morgan fingerprint density at radius 1 is 1.19 bits per heavy atom. The van der Waals surface area contributed by atoms with Gasteiger partial charge >= 0.3 is 11.9 Å². The van der Waals surface area contributed by atoms with Crippen molar-refractivity contribution >= 4 is 17.8 Å². The quantitative estimate of drug-likeness (QED) is 0.512. The van der Waals surface area contributed by atoms with E-state index in [-0.39, 0.29) is 30.1 Å². The number of hydrogen-bond acceptors (Lipinski definition) is 6. The summed E-state index contributed by atoms with van der Waals surface area (Å²) in [5, 5.41) is 18.9. The molecule has 0 unspecified atom stereocenters. The van der Waals surface area contributed by atoms with Crippen molar-refractivity contribution in [3.8, 4) is 22.6 Å². The number of carbonyl (C=O) groups is 2. The van der Waals surface area contributed by atoms with Crippen LogP contribution < -0.4 is 20.8 Å². The third-order valence-corrected chi connectivity index (χ3v) is 3.56. The van der Waals surface area contributed by atoms with Gasteiger partial charge in [0.2, 0.25) is 0 Å². The number of nitrogens with two attached hydrogens (primary N) is 1. The number of nitrogens with one attached hydrogen (secondary N) is 1. The van der Waals surface area contributed by atoms with Gasteiger partial charge in [-0.3, -0.25) is 4.79 Å². The Balaban J connectivity index is 2.82. The maximum Gasteiger partial charge on any atom is 0.342 e. The number of pyridine rings is 1. The Hall–Kier alpha value is -3.75. The van der Waals surface area contributed by atoms with E-state index in [9.17, 15) is 24.6 Å². The number of aromatic carboxylic acids is 2. The van der Waals surface area contributed by atoms with Gasteiger partial charge in [0.15, 0.2) is 11.5 Å². The first-order valence-electron chi connectivity index (χ1n) is 7.85. The Kier molecular flexibility index (Phi) is 5.86. The van der Waals surface area contributed by atoms with Gasteiger partial charge < -0.3 is 30.4 Å². The lowest BCUT2D eigenvalue weighted by Gasteiger charge is -2.15. The van der Waals surface area contributed by atoms with E-state index in [4.69, 9.17) is 15.2 Å². The molecule has 0 radical (unpaired) electrons. The van der Waals surface area contributed by atoms with E-state index < -0.39 is 34.4 Å². The lowest BCUT2D eigenvalue weighted by Crippen LogP contribution is -2.24. The standard InChI is InChI=1S/C18H18N2O7/c1-3-7-27-10-6-5-9(8-11(10)26-4-2)12-13(17(22)23)15(19)20-16(21)14(12)18(24)25/h3,5-6,8H,1,4,7H2,2H3,(H,22,23)(H,24,25)(H3,19,20,21). The van der Waals surface area contributed by atoms with Crippen molar-refractivity contribution in [3.05, 3.63) is 52.3 Å². The number of rotatable bonds is 8. The molecule has 9 nitrogen and oxygen atoms in total. The van der Waals surface area contributed by atoms with Crippen molar-refractivity contribution in [1.29, 1.82) is 0 Å². The molecule has 0 bridgehead atoms. The second-order valence-electron chi connectivity index (χ2n) is 5.30. The molecule has 0 amide bonds. The van der Waals surface area contributed by atoms with Crippen LogP contribution in [0.3, 0.4) is 0 Å². The first-order chi connectivity index (χ1) is 12.8. The van der Waals surface area contributed by atoms with E-state index in [1.165, 1.54) is 24.3 Å². The van der Waals surface area contributed by atoms with Gasteiger partial charge in [-0.15, -0.1) is 0 Å². The zero-order chi connectivity index (χ0) is 20.1. The molecule has 0 aliphatic heterocycles. The molecule has 2 rings (SSSR count). The molecule has 0 fully saturated rings. The smallest absolute Gasteiger partial charge is 0.342 e. The van der Waals surface area contributed by atoms with E-state index in [1.54, 1.807) is 6.92 Å². The molecule has 0 spiro atoms. The number of anilines is 1. The molecule has 142 valence electrons. The summed E-state index contributed by atoms with van der Waals surface area (Å²) >= 11 is 0. The molecule has 0 saturated carbocycles. The van der Waals surface area contributed by atoms with Crippen LogP contribution in [0.1, 0.15) is 27.6 Å². The zero-order valence-electron chi connectivity index (χ0n) is 14.4. The number of ether oxygens (including phenoxy) is 2. The molecule has 0 aliphatic carbocycles. The van der Waals surface area contributed by atoms with Gasteiger partial charge in [-0.2, -0.15) is 0 Å². The number of carboxylic acids is 2. The van der Waals surface area contributed by atoms with Crippen molar-refractivity contribution in [1.82, 2.24) is 4.98 Å². The Morgan fingerprint density at radius 2 is 1.85 bits per heavy atom. The second-order valence-corrected chi connectivity index (χ2v) is 5.30. The summed E-state index contributed by atoms with van der Waals surface area (Å²) in [5.74, 6) is -2.90. The fraction of sp³-hybridized carbons (Fsp3) is 0.167. The molecule has 0 saturated heterocycles. The SMILES string of the molecule is C=CCOc1ccc(-c2c(C(=O)O)c(N)[nH]c(=O)c2C(=O)O)cc1OCC. The molecule has 5 N–H and O–H groups in total. The van der Waals surface area contributed by atoms with Gasteiger partial charge in [-0.25, -0.2) is 9.59 Å². The van der Waals surface area contributed by atoms with Crippen LogP contribution in [0.5, 0.6) is 11.5 Å². The first-order valence-corrected chi connectivity index (χ1v) is 7.85. The summed E-state index contributed by atoms with van der Waals surface area (Å²) in [6.07, 6.45) is 1.53. The van der Waals surface area contributed by atoms with Crippen LogP contribution in [-0.2, 0) is 0 Å². The predicted octanol–water partition coefficient (Wildman–Crippen LogP) is 1.98. The third kappa shape index (κ3) is 3.92. The Morgan fingerprint density at radius 3 is 2.41 bits per heavy atom. The molecular formula is C18H18N2O7. The summed E-state index contributed by atoms with van der Waals surface area (Å²) in [6, 6.07) is 4.31. The Bertz CT molecular complexity index is 963. The first kappa shape index (κ1) is 19.6. The van der Waals surface area contributed by atoms with Gasteiger partial charge in [-0.1, -0.05) is 18.7 Å². The molecule has 2 aromatic rings. The monoisotopic (exact) mass is 374 g/mol. The fourth-order valence-corrected chi connectivity index (χ4v) is 2.54. The van der Waals surface area contributed by atoms with Crippen molar-refractivity contribution in [2.45, 2.75) is 6.92 Å². The normalized spacial score (nSPS) is 10.3. The van der Waals surface area contributed by atoms with Gasteiger partial charge in [0.25, 0.3) is 5.56 Å². The average molecular weight is 374 g/mol. The van der Waals surface area contributed by atoms with Crippen LogP contribution in [0.4, 0.5) is 5.82 Å². The topological polar surface area (TPSA) is 152 Å². The molecule has 1 aromatic carbocycles. The molecule has 0 aliphatic rings. The van der Waals surface area contributed by atoms with Crippen LogP contribution in [-0.4, -0.2) is 40.3 Å².